The minimum absolute atomic E-state index is 0.151. The Bertz CT molecular complexity index is 3310. The number of benzene rings is 9. The van der Waals surface area contributed by atoms with Crippen molar-refractivity contribution in [2.75, 3.05) is 4.90 Å². The lowest BCUT2D eigenvalue weighted by atomic mass is 9.67. The van der Waals surface area contributed by atoms with Gasteiger partial charge in [0.05, 0.1) is 5.41 Å². The zero-order chi connectivity index (χ0) is 41.7. The van der Waals surface area contributed by atoms with Gasteiger partial charge in [-0.05, 0) is 104 Å². The van der Waals surface area contributed by atoms with Gasteiger partial charge in [0.25, 0.3) is 0 Å². The van der Waals surface area contributed by atoms with Crippen molar-refractivity contribution in [2.24, 2.45) is 0 Å². The normalized spacial score (nSPS) is 14.9. The molecule has 298 valence electrons. The Morgan fingerprint density at radius 1 is 0.444 bits per heavy atom. The number of rotatable bonds is 8. The number of nitrogens with zero attached hydrogens (tertiary/aromatic N) is 1. The average molecular weight is 822 g/mol. The first kappa shape index (κ1) is 37.3. The summed E-state index contributed by atoms with van der Waals surface area (Å²) in [5.41, 5.74) is 17.1. The summed E-state index contributed by atoms with van der Waals surface area (Å²) in [5.74, 6) is 0.151. The van der Waals surface area contributed by atoms with E-state index in [1.807, 2.05) is 11.3 Å². The van der Waals surface area contributed by atoms with Crippen molar-refractivity contribution in [1.82, 2.24) is 0 Å². The van der Waals surface area contributed by atoms with Gasteiger partial charge in [-0.3, -0.25) is 0 Å². The highest BCUT2D eigenvalue weighted by Gasteiger charge is 2.45. The third-order valence-corrected chi connectivity index (χ3v) is 14.6. The number of allylic oxidation sites excluding steroid dienone is 4. The fourth-order valence-electron chi connectivity index (χ4n) is 10.5. The van der Waals surface area contributed by atoms with Gasteiger partial charge in [-0.25, -0.2) is 0 Å². The molecular formula is C61H43NS. The molecule has 9 aromatic carbocycles. The molecule has 1 atom stereocenters. The Morgan fingerprint density at radius 3 is 1.79 bits per heavy atom. The van der Waals surface area contributed by atoms with Crippen LogP contribution in [0.15, 0.2) is 248 Å². The predicted molar refractivity (Wildman–Crippen MR) is 267 cm³/mol. The van der Waals surface area contributed by atoms with Crippen LogP contribution in [0.25, 0.3) is 53.6 Å². The minimum Gasteiger partial charge on any atom is -0.314 e. The van der Waals surface area contributed by atoms with E-state index >= 15 is 0 Å². The number of hydrogen-bond acceptors (Lipinski definition) is 2. The highest BCUT2D eigenvalue weighted by molar-refractivity contribution is 7.26. The van der Waals surface area contributed by atoms with Gasteiger partial charge in [-0.15, -0.1) is 11.3 Å². The van der Waals surface area contributed by atoms with Crippen LogP contribution in [-0.4, -0.2) is 0 Å². The molecule has 1 nitrogen and oxygen atoms in total. The molecule has 1 heterocycles. The van der Waals surface area contributed by atoms with Crippen LogP contribution in [0.3, 0.4) is 0 Å². The molecule has 0 N–H and O–H groups in total. The Balaban J connectivity index is 1.02. The van der Waals surface area contributed by atoms with Crippen molar-refractivity contribution in [3.05, 3.63) is 276 Å². The SMILES string of the molecule is C1=CCC(c2ccc(-c3ccccc3)cc2)C(N(c2ccc(C3(c4ccccc4)c4ccccc4-c4ccccc43)cc2)c2cccc(-c3cccc4c3sc3ccccc34)c2)=C1. The third kappa shape index (κ3) is 6.13. The van der Waals surface area contributed by atoms with Gasteiger partial charge in [0, 0.05) is 43.2 Å². The van der Waals surface area contributed by atoms with Gasteiger partial charge < -0.3 is 4.90 Å². The summed E-state index contributed by atoms with van der Waals surface area (Å²) in [6.45, 7) is 0. The molecule has 0 saturated carbocycles. The van der Waals surface area contributed by atoms with Crippen molar-refractivity contribution >= 4 is 42.9 Å². The zero-order valence-electron chi connectivity index (χ0n) is 34.7. The van der Waals surface area contributed by atoms with Crippen LogP contribution in [0.4, 0.5) is 11.4 Å². The van der Waals surface area contributed by atoms with Gasteiger partial charge in [0.15, 0.2) is 0 Å². The first-order valence-electron chi connectivity index (χ1n) is 21.9. The van der Waals surface area contributed by atoms with E-state index in [0.29, 0.717) is 0 Å². The fraction of sp³-hybridized carbons (Fsp3) is 0.0492. The van der Waals surface area contributed by atoms with Gasteiger partial charge >= 0.3 is 0 Å². The molecule has 0 radical (unpaired) electrons. The highest BCUT2D eigenvalue weighted by atomic mass is 32.1. The van der Waals surface area contributed by atoms with E-state index in [1.54, 1.807) is 0 Å². The maximum Gasteiger partial charge on any atom is 0.0713 e. The number of anilines is 2. The molecule has 0 amide bonds. The first-order chi connectivity index (χ1) is 31.3. The average Bonchev–Trinajstić information content (AvgIpc) is 3.90. The van der Waals surface area contributed by atoms with E-state index in [-0.39, 0.29) is 5.92 Å². The van der Waals surface area contributed by atoms with Crippen LogP contribution in [0.1, 0.15) is 40.2 Å². The molecule has 2 aliphatic rings. The monoisotopic (exact) mass is 821 g/mol. The fourth-order valence-corrected chi connectivity index (χ4v) is 11.7. The third-order valence-electron chi connectivity index (χ3n) is 13.3. The molecule has 2 heteroatoms. The van der Waals surface area contributed by atoms with Crippen molar-refractivity contribution in [3.63, 3.8) is 0 Å². The van der Waals surface area contributed by atoms with Crippen LogP contribution in [0.2, 0.25) is 0 Å². The molecule has 1 aromatic heterocycles. The number of hydrogen-bond donors (Lipinski definition) is 0. The Kier molecular flexibility index (Phi) is 9.13. The molecule has 0 aliphatic heterocycles. The van der Waals surface area contributed by atoms with E-state index < -0.39 is 5.41 Å². The van der Waals surface area contributed by atoms with Crippen LogP contribution >= 0.6 is 11.3 Å². The molecule has 63 heavy (non-hydrogen) atoms. The Labute approximate surface area is 373 Å². The van der Waals surface area contributed by atoms with Crippen LogP contribution in [0, 0.1) is 0 Å². The van der Waals surface area contributed by atoms with Crippen LogP contribution < -0.4 is 4.90 Å². The lowest BCUT2D eigenvalue weighted by Gasteiger charge is -2.36. The van der Waals surface area contributed by atoms with Gasteiger partial charge in [0.1, 0.15) is 0 Å². The first-order valence-corrected chi connectivity index (χ1v) is 22.8. The van der Waals surface area contributed by atoms with E-state index in [1.165, 1.54) is 87.1 Å². The molecule has 10 aromatic rings. The van der Waals surface area contributed by atoms with Gasteiger partial charge in [-0.1, -0.05) is 206 Å². The van der Waals surface area contributed by atoms with E-state index in [4.69, 9.17) is 0 Å². The second-order valence-corrected chi connectivity index (χ2v) is 17.8. The number of thiophene rings is 1. The van der Waals surface area contributed by atoms with Crippen molar-refractivity contribution in [1.29, 1.82) is 0 Å². The minimum atomic E-state index is -0.462. The molecule has 0 fully saturated rings. The van der Waals surface area contributed by atoms with E-state index in [2.05, 4.69) is 248 Å². The van der Waals surface area contributed by atoms with Gasteiger partial charge in [-0.2, -0.15) is 0 Å². The molecule has 1 unspecified atom stereocenters. The summed E-state index contributed by atoms with van der Waals surface area (Å²) in [5, 5.41) is 2.63. The summed E-state index contributed by atoms with van der Waals surface area (Å²) >= 11 is 1.89. The van der Waals surface area contributed by atoms with Gasteiger partial charge in [0.2, 0.25) is 0 Å². The molecule has 12 rings (SSSR count). The summed E-state index contributed by atoms with van der Waals surface area (Å²) < 4.78 is 2.64. The topological polar surface area (TPSA) is 3.24 Å². The summed E-state index contributed by atoms with van der Waals surface area (Å²) in [6, 6.07) is 83.2. The predicted octanol–water partition coefficient (Wildman–Crippen LogP) is 16.5. The zero-order valence-corrected chi connectivity index (χ0v) is 35.6. The molecule has 0 spiro atoms. The second-order valence-electron chi connectivity index (χ2n) is 16.7. The Morgan fingerprint density at radius 2 is 1.03 bits per heavy atom. The molecule has 2 aliphatic carbocycles. The van der Waals surface area contributed by atoms with Crippen LogP contribution in [0.5, 0.6) is 0 Å². The van der Waals surface area contributed by atoms with Crippen molar-refractivity contribution < 1.29 is 0 Å². The highest BCUT2D eigenvalue weighted by Crippen LogP contribution is 2.56. The standard InChI is InChI=1S/C61H43NS/c1-3-17-42(18-4-1)43-33-35-44(36-34-43)50-23-9-13-31-58(50)62(49-22-15-19-45(41-49)51-27-16-28-55-54-26-10-14-32-59(54)63-60(51)55)48-39-37-47(38-40-48)61(46-20-5-2-6-21-46)56-29-11-7-24-52(56)53-25-8-12-30-57(53)61/h1-22,24-41,50H,23H2. The quantitative estimate of drug-likeness (QED) is 0.148. The number of fused-ring (bicyclic) bond motifs is 6. The van der Waals surface area contributed by atoms with E-state index in [9.17, 15) is 0 Å². The van der Waals surface area contributed by atoms with Crippen molar-refractivity contribution in [2.45, 2.75) is 17.8 Å². The molecule has 0 saturated heterocycles. The lowest BCUT2D eigenvalue weighted by molar-refractivity contribution is 0.765. The largest absolute Gasteiger partial charge is 0.314 e. The smallest absolute Gasteiger partial charge is 0.0713 e. The summed E-state index contributed by atoms with van der Waals surface area (Å²) in [6.07, 6.45) is 7.81. The summed E-state index contributed by atoms with van der Waals surface area (Å²) in [4.78, 5) is 2.52. The Hall–Kier alpha value is -7.52. The summed E-state index contributed by atoms with van der Waals surface area (Å²) in [7, 11) is 0. The molecule has 0 bridgehead atoms. The second kappa shape index (κ2) is 15.4. The van der Waals surface area contributed by atoms with Crippen LogP contribution in [-0.2, 0) is 5.41 Å². The van der Waals surface area contributed by atoms with Crippen molar-refractivity contribution in [3.8, 4) is 33.4 Å². The maximum absolute atomic E-state index is 2.52. The lowest BCUT2D eigenvalue weighted by Crippen LogP contribution is -2.28. The molecular weight excluding hydrogens is 779 g/mol. The maximum atomic E-state index is 2.52. The van der Waals surface area contributed by atoms with E-state index in [0.717, 1.165) is 17.8 Å².